The Bertz CT molecular complexity index is 685. The van der Waals surface area contributed by atoms with E-state index in [1.54, 1.807) is 18.2 Å². The Morgan fingerprint density at radius 2 is 1.96 bits per heavy atom. The van der Waals surface area contributed by atoms with E-state index >= 15 is 0 Å². The summed E-state index contributed by atoms with van der Waals surface area (Å²) in [6, 6.07) is 7.70. The maximum absolute atomic E-state index is 13.7. The number of nitrogens with zero attached hydrogens (tertiary/aromatic N) is 2. The number of carbonyl (C=O) groups is 2. The summed E-state index contributed by atoms with van der Waals surface area (Å²) in [5.41, 5.74) is 0.485. The summed E-state index contributed by atoms with van der Waals surface area (Å²) in [5, 5.41) is 15.3. The number of carboxylic acid groups (broad SMARTS) is 1. The second-order valence-corrected chi connectivity index (χ2v) is 5.06. The van der Waals surface area contributed by atoms with Gasteiger partial charge < -0.3 is 10.4 Å². The number of aliphatic carboxylic acids is 1. The van der Waals surface area contributed by atoms with E-state index in [0.29, 0.717) is 19.4 Å². The van der Waals surface area contributed by atoms with Crippen molar-refractivity contribution in [3.8, 4) is 5.69 Å². The summed E-state index contributed by atoms with van der Waals surface area (Å²) >= 11 is 0. The van der Waals surface area contributed by atoms with Crippen LogP contribution in [-0.4, -0.2) is 33.3 Å². The molecule has 2 N–H and O–H groups in total. The van der Waals surface area contributed by atoms with Gasteiger partial charge in [0, 0.05) is 19.2 Å². The quantitative estimate of drug-likeness (QED) is 0.732. The van der Waals surface area contributed by atoms with Gasteiger partial charge in [-0.1, -0.05) is 18.6 Å². The molecule has 0 radical (unpaired) electrons. The molecule has 0 aliphatic heterocycles. The Kier molecular flexibility index (Phi) is 5.85. The number of hydrogen-bond donors (Lipinski definition) is 2. The monoisotopic (exact) mass is 319 g/mol. The van der Waals surface area contributed by atoms with Crippen molar-refractivity contribution in [3.63, 3.8) is 0 Å². The second-order valence-electron chi connectivity index (χ2n) is 5.06. The Morgan fingerprint density at radius 3 is 2.70 bits per heavy atom. The van der Waals surface area contributed by atoms with Crippen molar-refractivity contribution in [3.05, 3.63) is 48.0 Å². The van der Waals surface area contributed by atoms with Crippen LogP contribution in [0.4, 0.5) is 4.39 Å². The minimum Gasteiger partial charge on any atom is -0.481 e. The molecular formula is C16H18FN3O3. The van der Waals surface area contributed by atoms with E-state index in [1.165, 1.54) is 23.0 Å². The standard InChI is InChI=1S/C16H18FN3O3/c17-12-6-3-4-7-14(12)20-11-9-13(19-20)16(23)18-10-5-1-2-8-15(21)22/h3-4,6-7,9,11H,1-2,5,8,10H2,(H,18,23)(H,21,22). The molecule has 0 fully saturated rings. The average Bonchev–Trinajstić information content (AvgIpc) is 3.00. The van der Waals surface area contributed by atoms with Crippen LogP contribution in [0, 0.1) is 5.82 Å². The normalized spacial score (nSPS) is 10.5. The Morgan fingerprint density at radius 1 is 1.17 bits per heavy atom. The van der Waals surface area contributed by atoms with Gasteiger partial charge in [-0.05, 0) is 31.0 Å². The highest BCUT2D eigenvalue weighted by atomic mass is 19.1. The Hall–Kier alpha value is -2.70. The number of para-hydroxylation sites is 1. The Balaban J connectivity index is 1.82. The zero-order chi connectivity index (χ0) is 16.7. The number of unbranched alkanes of at least 4 members (excludes halogenated alkanes) is 2. The minimum atomic E-state index is -0.812. The molecule has 0 aliphatic rings. The zero-order valence-corrected chi connectivity index (χ0v) is 12.5. The minimum absolute atomic E-state index is 0.140. The smallest absolute Gasteiger partial charge is 0.303 e. The molecule has 7 heteroatoms. The van der Waals surface area contributed by atoms with Gasteiger partial charge in [-0.25, -0.2) is 9.07 Å². The summed E-state index contributed by atoms with van der Waals surface area (Å²) in [6.45, 7) is 0.449. The van der Waals surface area contributed by atoms with Crippen LogP contribution >= 0.6 is 0 Å². The van der Waals surface area contributed by atoms with E-state index in [9.17, 15) is 14.0 Å². The van der Waals surface area contributed by atoms with Crippen LogP contribution < -0.4 is 5.32 Å². The first-order valence-electron chi connectivity index (χ1n) is 7.38. The van der Waals surface area contributed by atoms with E-state index < -0.39 is 11.8 Å². The first-order chi connectivity index (χ1) is 11.1. The van der Waals surface area contributed by atoms with E-state index in [2.05, 4.69) is 10.4 Å². The lowest BCUT2D eigenvalue weighted by Gasteiger charge is -2.04. The van der Waals surface area contributed by atoms with Crippen LogP contribution in [0.25, 0.3) is 5.69 Å². The average molecular weight is 319 g/mol. The van der Waals surface area contributed by atoms with Crippen molar-refractivity contribution in [2.45, 2.75) is 25.7 Å². The third kappa shape index (κ3) is 4.91. The first-order valence-corrected chi connectivity index (χ1v) is 7.38. The largest absolute Gasteiger partial charge is 0.481 e. The number of hydrogen-bond acceptors (Lipinski definition) is 3. The van der Waals surface area contributed by atoms with Crippen LogP contribution in [-0.2, 0) is 4.79 Å². The van der Waals surface area contributed by atoms with Crippen LogP contribution in [0.2, 0.25) is 0 Å². The molecule has 0 saturated heterocycles. The molecule has 0 bridgehead atoms. The van der Waals surface area contributed by atoms with E-state index in [1.807, 2.05) is 0 Å². The Labute approximate surface area is 132 Å². The van der Waals surface area contributed by atoms with Gasteiger partial charge in [0.1, 0.15) is 11.5 Å². The molecule has 2 aromatic rings. The van der Waals surface area contributed by atoms with Gasteiger partial charge in [-0.15, -0.1) is 0 Å². The third-order valence-electron chi connectivity index (χ3n) is 3.27. The molecule has 0 unspecified atom stereocenters. The summed E-state index contributed by atoms with van der Waals surface area (Å²) in [7, 11) is 0. The molecule has 1 aromatic heterocycles. The van der Waals surface area contributed by atoms with Gasteiger partial charge in [0.05, 0.1) is 0 Å². The molecule has 1 heterocycles. The van der Waals surface area contributed by atoms with Gasteiger partial charge in [0.25, 0.3) is 5.91 Å². The number of rotatable bonds is 8. The zero-order valence-electron chi connectivity index (χ0n) is 12.5. The predicted octanol–water partition coefficient (Wildman–Crippen LogP) is 2.39. The number of carboxylic acids is 1. The highest BCUT2D eigenvalue weighted by Crippen LogP contribution is 2.12. The van der Waals surface area contributed by atoms with E-state index in [0.717, 1.165) is 6.42 Å². The summed E-state index contributed by atoms with van der Waals surface area (Å²) in [4.78, 5) is 22.3. The predicted molar refractivity (Wildman–Crippen MR) is 82.0 cm³/mol. The molecule has 0 spiro atoms. The van der Waals surface area contributed by atoms with Crippen LogP contribution in [0.15, 0.2) is 36.5 Å². The summed E-state index contributed by atoms with van der Waals surface area (Å²) < 4.78 is 15.0. The van der Waals surface area contributed by atoms with Gasteiger partial charge >= 0.3 is 5.97 Å². The maximum Gasteiger partial charge on any atom is 0.303 e. The lowest BCUT2D eigenvalue weighted by atomic mass is 10.2. The molecule has 0 aliphatic carbocycles. The molecule has 1 amide bonds. The van der Waals surface area contributed by atoms with Crippen molar-refractivity contribution in [1.29, 1.82) is 0 Å². The van der Waals surface area contributed by atoms with Gasteiger partial charge in [0.15, 0.2) is 5.69 Å². The van der Waals surface area contributed by atoms with Gasteiger partial charge in [-0.3, -0.25) is 9.59 Å². The lowest BCUT2D eigenvalue weighted by Crippen LogP contribution is -2.25. The number of halogens is 1. The second kappa shape index (κ2) is 8.07. The lowest BCUT2D eigenvalue weighted by molar-refractivity contribution is -0.137. The first kappa shape index (κ1) is 16.7. The fraction of sp³-hybridized carbons (Fsp3) is 0.312. The number of benzene rings is 1. The SMILES string of the molecule is O=C(O)CCCCCNC(=O)c1ccn(-c2ccccc2F)n1. The summed E-state index contributed by atoms with van der Waals surface area (Å²) in [6.07, 6.45) is 3.69. The molecule has 122 valence electrons. The number of nitrogens with one attached hydrogen (secondary N) is 1. The fourth-order valence-corrected chi connectivity index (χ4v) is 2.09. The highest BCUT2D eigenvalue weighted by Gasteiger charge is 2.11. The van der Waals surface area contributed by atoms with Crippen molar-refractivity contribution < 1.29 is 19.1 Å². The topological polar surface area (TPSA) is 84.2 Å². The van der Waals surface area contributed by atoms with Crippen molar-refractivity contribution in [2.75, 3.05) is 6.54 Å². The van der Waals surface area contributed by atoms with Crippen molar-refractivity contribution in [2.24, 2.45) is 0 Å². The number of amides is 1. The van der Waals surface area contributed by atoms with Crippen molar-refractivity contribution >= 4 is 11.9 Å². The van der Waals surface area contributed by atoms with E-state index in [4.69, 9.17) is 5.11 Å². The van der Waals surface area contributed by atoms with Gasteiger partial charge in [0.2, 0.25) is 0 Å². The molecule has 2 rings (SSSR count). The van der Waals surface area contributed by atoms with Crippen molar-refractivity contribution in [1.82, 2.24) is 15.1 Å². The van der Waals surface area contributed by atoms with E-state index in [-0.39, 0.29) is 23.7 Å². The molecule has 6 nitrogen and oxygen atoms in total. The number of carbonyl (C=O) groups excluding carboxylic acids is 1. The third-order valence-corrected chi connectivity index (χ3v) is 3.27. The van der Waals surface area contributed by atoms with Crippen LogP contribution in [0.1, 0.15) is 36.2 Å². The fourth-order valence-electron chi connectivity index (χ4n) is 2.09. The molecule has 23 heavy (non-hydrogen) atoms. The van der Waals surface area contributed by atoms with Crippen LogP contribution in [0.5, 0.6) is 0 Å². The molecular weight excluding hydrogens is 301 g/mol. The molecule has 1 aromatic carbocycles. The number of aromatic nitrogens is 2. The maximum atomic E-state index is 13.7. The summed E-state index contributed by atoms with van der Waals surface area (Å²) in [5.74, 6) is -1.56. The van der Waals surface area contributed by atoms with Crippen LogP contribution in [0.3, 0.4) is 0 Å². The highest BCUT2D eigenvalue weighted by molar-refractivity contribution is 5.92. The molecule has 0 saturated carbocycles. The molecule has 0 atom stereocenters. The van der Waals surface area contributed by atoms with Gasteiger partial charge in [-0.2, -0.15) is 5.10 Å².